The summed E-state index contributed by atoms with van der Waals surface area (Å²) in [5.41, 5.74) is 5.80. The lowest BCUT2D eigenvalue weighted by Gasteiger charge is -2.15. The monoisotopic (exact) mass is 336 g/mol. The molecule has 0 radical (unpaired) electrons. The predicted molar refractivity (Wildman–Crippen MR) is 99.8 cm³/mol. The molecule has 3 heterocycles. The van der Waals surface area contributed by atoms with Crippen LogP contribution in [0.25, 0.3) is 27.0 Å². The second-order valence-corrected chi connectivity index (χ2v) is 8.20. The summed E-state index contributed by atoms with van der Waals surface area (Å²) >= 11 is 1.66. The van der Waals surface area contributed by atoms with Crippen LogP contribution in [0.2, 0.25) is 0 Å². The molecule has 4 rings (SSSR count). The second-order valence-electron chi connectivity index (χ2n) is 7.34. The van der Waals surface area contributed by atoms with E-state index in [1.165, 1.54) is 22.3 Å². The van der Waals surface area contributed by atoms with Gasteiger partial charge in [0, 0.05) is 16.4 Å². The van der Waals surface area contributed by atoms with Crippen LogP contribution in [0.3, 0.4) is 0 Å². The zero-order valence-corrected chi connectivity index (χ0v) is 15.4. The van der Waals surface area contributed by atoms with E-state index in [1.54, 1.807) is 11.3 Å². The Kier molecular flexibility index (Phi) is 3.25. The maximum atomic E-state index is 4.64. The van der Waals surface area contributed by atoms with Crippen LogP contribution < -0.4 is 0 Å². The highest BCUT2D eigenvalue weighted by atomic mass is 32.1. The Morgan fingerprint density at radius 1 is 1.04 bits per heavy atom. The van der Waals surface area contributed by atoms with Crippen molar-refractivity contribution in [1.82, 2.24) is 19.6 Å². The minimum atomic E-state index is -0.0780. The summed E-state index contributed by atoms with van der Waals surface area (Å²) in [4.78, 5) is 5.65. The molecule has 0 spiro atoms. The van der Waals surface area contributed by atoms with Gasteiger partial charge in [-0.25, -0.2) is 4.98 Å². The van der Waals surface area contributed by atoms with Crippen LogP contribution >= 0.6 is 11.3 Å². The molecule has 0 aliphatic rings. The maximum Gasteiger partial charge on any atom is 0.173 e. The van der Waals surface area contributed by atoms with E-state index in [-0.39, 0.29) is 5.41 Å². The third-order valence-electron chi connectivity index (χ3n) is 4.47. The highest BCUT2D eigenvalue weighted by Crippen LogP contribution is 2.36. The number of hydrogen-bond acceptors (Lipinski definition) is 4. The van der Waals surface area contributed by atoms with Gasteiger partial charge in [-0.1, -0.05) is 39.0 Å². The molecule has 0 amide bonds. The Balaban J connectivity index is 2.04. The Labute approximate surface area is 145 Å². The topological polar surface area (TPSA) is 43.1 Å². The van der Waals surface area contributed by atoms with Crippen LogP contribution in [0.15, 0.2) is 29.9 Å². The lowest BCUT2D eigenvalue weighted by molar-refractivity contribution is 0.538. The standard InChI is InChI=1S/C19H20N4S/c1-11-6-7-13(8-12(11)2)14-9-24-17-15(14)16-21-22-18(19(3,4)5)23(16)10-20-17/h6-10H,1-5H3. The van der Waals surface area contributed by atoms with Gasteiger partial charge in [0.25, 0.3) is 0 Å². The van der Waals surface area contributed by atoms with Crippen molar-refractivity contribution in [3.63, 3.8) is 0 Å². The fourth-order valence-electron chi connectivity index (χ4n) is 2.97. The van der Waals surface area contributed by atoms with Gasteiger partial charge in [-0.3, -0.25) is 4.40 Å². The third-order valence-corrected chi connectivity index (χ3v) is 5.36. The molecule has 122 valence electrons. The smallest absolute Gasteiger partial charge is 0.173 e. The molecule has 0 N–H and O–H groups in total. The number of benzene rings is 1. The second kappa shape index (κ2) is 5.11. The number of hydrogen-bond donors (Lipinski definition) is 0. The van der Waals surface area contributed by atoms with Crippen LogP contribution in [0.1, 0.15) is 37.7 Å². The normalized spacial score (nSPS) is 12.4. The summed E-state index contributed by atoms with van der Waals surface area (Å²) in [5.74, 6) is 0.934. The summed E-state index contributed by atoms with van der Waals surface area (Å²) in [6, 6.07) is 6.59. The zero-order valence-electron chi connectivity index (χ0n) is 14.6. The molecule has 0 aliphatic carbocycles. The molecule has 0 atom stereocenters. The summed E-state index contributed by atoms with van der Waals surface area (Å²) in [6.45, 7) is 10.7. The molecule has 0 fully saturated rings. The fourth-order valence-corrected chi connectivity index (χ4v) is 3.88. The fraction of sp³-hybridized carbons (Fsp3) is 0.316. The van der Waals surface area contributed by atoms with Gasteiger partial charge >= 0.3 is 0 Å². The van der Waals surface area contributed by atoms with Gasteiger partial charge in [0.2, 0.25) is 0 Å². The number of thiophene rings is 1. The first kappa shape index (κ1) is 15.3. The molecule has 3 aromatic heterocycles. The van der Waals surface area contributed by atoms with Gasteiger partial charge in [-0.05, 0) is 30.5 Å². The van der Waals surface area contributed by atoms with Crippen LogP contribution in [-0.4, -0.2) is 19.6 Å². The predicted octanol–water partition coefficient (Wildman–Crippen LogP) is 4.92. The molecular formula is C19H20N4S. The molecule has 0 saturated heterocycles. The average Bonchev–Trinajstić information content (AvgIpc) is 3.12. The van der Waals surface area contributed by atoms with Crippen molar-refractivity contribution < 1.29 is 0 Å². The van der Waals surface area contributed by atoms with Crippen LogP contribution in [0.5, 0.6) is 0 Å². The van der Waals surface area contributed by atoms with Crippen LogP contribution in [0.4, 0.5) is 0 Å². The van der Waals surface area contributed by atoms with Crippen molar-refractivity contribution in [2.45, 2.75) is 40.0 Å². The highest BCUT2D eigenvalue weighted by molar-refractivity contribution is 7.17. The first-order valence-corrected chi connectivity index (χ1v) is 8.93. The molecule has 0 aliphatic heterocycles. The largest absolute Gasteiger partial charge is 0.268 e. The molecule has 0 unspecified atom stereocenters. The van der Waals surface area contributed by atoms with E-state index < -0.39 is 0 Å². The molecule has 24 heavy (non-hydrogen) atoms. The number of rotatable bonds is 1. The van der Waals surface area contributed by atoms with E-state index in [1.807, 2.05) is 10.7 Å². The van der Waals surface area contributed by atoms with E-state index in [4.69, 9.17) is 0 Å². The maximum absolute atomic E-state index is 4.64. The summed E-state index contributed by atoms with van der Waals surface area (Å²) in [7, 11) is 0. The van der Waals surface area contributed by atoms with Gasteiger partial charge in [-0.2, -0.15) is 0 Å². The number of nitrogens with zero attached hydrogens (tertiary/aromatic N) is 4. The SMILES string of the molecule is Cc1ccc(-c2csc3ncn4c(C(C)(C)C)nnc4c23)cc1C. The Hall–Kier alpha value is -2.27. The number of aryl methyl sites for hydroxylation is 2. The first-order chi connectivity index (χ1) is 11.4. The minimum Gasteiger partial charge on any atom is -0.268 e. The van der Waals surface area contributed by atoms with Gasteiger partial charge in [0.05, 0.1) is 5.39 Å². The molecule has 0 bridgehead atoms. The molecular weight excluding hydrogens is 316 g/mol. The first-order valence-electron chi connectivity index (χ1n) is 8.05. The van der Waals surface area contributed by atoms with E-state index >= 15 is 0 Å². The Bertz CT molecular complexity index is 1070. The van der Waals surface area contributed by atoms with E-state index in [0.717, 1.165) is 21.7 Å². The van der Waals surface area contributed by atoms with Crippen molar-refractivity contribution in [3.8, 4) is 11.1 Å². The molecule has 0 saturated carbocycles. The lowest BCUT2D eigenvalue weighted by Crippen LogP contribution is -2.16. The van der Waals surface area contributed by atoms with Gasteiger partial charge in [-0.15, -0.1) is 21.5 Å². The highest BCUT2D eigenvalue weighted by Gasteiger charge is 2.23. The lowest BCUT2D eigenvalue weighted by atomic mass is 9.96. The van der Waals surface area contributed by atoms with Crippen LogP contribution in [-0.2, 0) is 5.41 Å². The zero-order chi connectivity index (χ0) is 17.1. The van der Waals surface area contributed by atoms with Gasteiger partial charge in [0.15, 0.2) is 5.65 Å². The van der Waals surface area contributed by atoms with Gasteiger partial charge < -0.3 is 0 Å². The van der Waals surface area contributed by atoms with Crippen molar-refractivity contribution in [1.29, 1.82) is 0 Å². The van der Waals surface area contributed by atoms with Crippen molar-refractivity contribution in [2.24, 2.45) is 0 Å². The number of fused-ring (bicyclic) bond motifs is 3. The molecule has 5 heteroatoms. The Morgan fingerprint density at radius 2 is 1.83 bits per heavy atom. The summed E-state index contributed by atoms with van der Waals surface area (Å²) < 4.78 is 2.03. The average molecular weight is 336 g/mol. The van der Waals surface area contributed by atoms with E-state index in [2.05, 4.69) is 73.4 Å². The molecule has 4 aromatic rings. The molecule has 1 aromatic carbocycles. The summed E-state index contributed by atoms with van der Waals surface area (Å²) in [5, 5.41) is 12.2. The molecule has 4 nitrogen and oxygen atoms in total. The quantitative estimate of drug-likeness (QED) is 0.495. The van der Waals surface area contributed by atoms with Crippen molar-refractivity contribution in [3.05, 3.63) is 46.9 Å². The van der Waals surface area contributed by atoms with E-state index in [0.29, 0.717) is 0 Å². The third kappa shape index (κ3) is 2.23. The van der Waals surface area contributed by atoms with Crippen LogP contribution in [0, 0.1) is 13.8 Å². The van der Waals surface area contributed by atoms with E-state index in [9.17, 15) is 0 Å². The summed E-state index contributed by atoms with van der Waals surface area (Å²) in [6.07, 6.45) is 1.85. The number of aromatic nitrogens is 4. The van der Waals surface area contributed by atoms with Crippen molar-refractivity contribution >= 4 is 27.2 Å². The van der Waals surface area contributed by atoms with Crippen molar-refractivity contribution in [2.75, 3.05) is 0 Å². The van der Waals surface area contributed by atoms with Gasteiger partial charge in [0.1, 0.15) is 17.0 Å². The minimum absolute atomic E-state index is 0.0780. The Morgan fingerprint density at radius 3 is 2.54 bits per heavy atom.